The summed E-state index contributed by atoms with van der Waals surface area (Å²) in [6, 6.07) is 17.0. The summed E-state index contributed by atoms with van der Waals surface area (Å²) in [5, 5.41) is 20.0. The van der Waals surface area contributed by atoms with Gasteiger partial charge in [0.25, 0.3) is 0 Å². The average Bonchev–Trinajstić information content (AvgIpc) is 0.875. The molecule has 2 aromatic carbocycles. The Hall–Kier alpha value is -7.58. The van der Waals surface area contributed by atoms with Crippen molar-refractivity contribution in [2.24, 2.45) is 99.5 Å². The van der Waals surface area contributed by atoms with Crippen molar-refractivity contribution in [3.05, 3.63) is 71.8 Å². The number of rotatable bonds is 24. The molecule has 0 spiro atoms. The summed E-state index contributed by atoms with van der Waals surface area (Å²) < 4.78 is 0. The van der Waals surface area contributed by atoms with Crippen LogP contribution in [-0.2, 0) is 80.0 Å². The molecule has 0 saturated heterocycles. The molecule has 0 bridgehead atoms. The zero-order chi connectivity index (χ0) is 102. The molecule has 726 valence electrons. The summed E-state index contributed by atoms with van der Waals surface area (Å²) in [5.74, 6) is 0.959. The van der Waals surface area contributed by atoms with E-state index in [1.165, 1.54) is 0 Å². The van der Waals surface area contributed by atoms with E-state index in [2.05, 4.69) is 64.9 Å². The predicted molar refractivity (Wildman–Crippen MR) is 521 cm³/mol. The summed E-state index contributed by atoms with van der Waals surface area (Å²) in [7, 11) is 0. The van der Waals surface area contributed by atoms with Crippen LogP contribution in [0.3, 0.4) is 0 Å². The van der Waals surface area contributed by atoms with Crippen LogP contribution in [0.1, 0.15) is 370 Å². The Morgan fingerprint density at radius 3 is 0.571 bits per heavy atom. The standard InChI is InChI=1S/2C18H27NO2.2C15H29NO2.2C14H27NO2.C11H21NO2/c2*1-17(2,3)15(20)14(19-16(21)18(4,5)6)12-13-10-8-7-9-11-13;2*1-10(2)9-11(12(17)14(3,4)5)16-13(18)15(6,7)8;2*1-9(2)10(11(16)13(3,4)5)15-12(17)14(6,7)8;1-10(2,3)8(13)7-12-9(14)11(4,5)6/h2*7-11,14H,12H2,1-6H3,(H,19,21);2*10-11H,9H2,1-8H3,(H,16,18);2*9-10H,1-8H3,(H,15,17);7H2,1-6H3,(H,12,14)/t2*14-;2*11-;2*10-;/m101010./s1. The second kappa shape index (κ2) is 51.1. The van der Waals surface area contributed by atoms with Crippen LogP contribution >= 0.6 is 0 Å². The lowest BCUT2D eigenvalue weighted by atomic mass is 9.82. The van der Waals surface area contributed by atoms with Crippen LogP contribution in [0.15, 0.2) is 60.7 Å². The van der Waals surface area contributed by atoms with Gasteiger partial charge >= 0.3 is 0 Å². The summed E-state index contributed by atoms with van der Waals surface area (Å²) in [4.78, 5) is 170. The van der Waals surface area contributed by atoms with E-state index >= 15 is 0 Å². The lowest BCUT2D eigenvalue weighted by Gasteiger charge is -2.30. The molecule has 0 heterocycles. The maximum absolute atomic E-state index is 12.6. The maximum atomic E-state index is 12.6. The van der Waals surface area contributed by atoms with Crippen molar-refractivity contribution >= 4 is 81.8 Å². The van der Waals surface area contributed by atoms with Crippen molar-refractivity contribution in [2.75, 3.05) is 6.54 Å². The molecule has 0 fully saturated rings. The van der Waals surface area contributed by atoms with Crippen molar-refractivity contribution in [3.8, 4) is 0 Å². The van der Waals surface area contributed by atoms with E-state index in [1.807, 2.05) is 379 Å². The van der Waals surface area contributed by atoms with Gasteiger partial charge in [-0.25, -0.2) is 0 Å². The van der Waals surface area contributed by atoms with E-state index in [1.54, 1.807) is 0 Å². The molecule has 0 aliphatic rings. The lowest BCUT2D eigenvalue weighted by Crippen LogP contribution is -2.51. The first-order valence-electron chi connectivity index (χ1n) is 45.5. The third-order valence-electron chi connectivity index (χ3n) is 19.4. The topological polar surface area (TPSA) is 323 Å². The lowest BCUT2D eigenvalue weighted by molar-refractivity contribution is -0.136. The normalized spacial score (nSPS) is 14.0. The van der Waals surface area contributed by atoms with E-state index in [4.69, 9.17) is 0 Å². The average molecular weight is 1770 g/mol. The first-order chi connectivity index (χ1) is 55.5. The van der Waals surface area contributed by atoms with Gasteiger partial charge in [-0.05, 0) is 60.5 Å². The Balaban J connectivity index is -0.000000454. The van der Waals surface area contributed by atoms with Gasteiger partial charge in [0.05, 0.1) is 42.8 Å². The van der Waals surface area contributed by atoms with Crippen molar-refractivity contribution < 1.29 is 67.1 Å². The largest absolute Gasteiger partial charge is 0.349 e. The Bertz CT molecular complexity index is 3540. The van der Waals surface area contributed by atoms with Crippen molar-refractivity contribution in [3.63, 3.8) is 0 Å². The molecule has 2 aromatic rings. The molecule has 21 heteroatoms. The molecule has 2 rings (SSSR count). The number of nitrogens with one attached hydrogen (secondary N) is 7. The number of Topliss-reactive ketones (excluding diaryl/α,β-unsaturated/α-hetero) is 7. The van der Waals surface area contributed by atoms with Gasteiger partial charge in [0, 0.05) is 75.8 Å². The Kier molecular flexibility index (Phi) is 51.5. The van der Waals surface area contributed by atoms with Gasteiger partial charge in [-0.1, -0.05) is 407 Å². The second-order valence-corrected chi connectivity index (χ2v) is 49.9. The third kappa shape index (κ3) is 54.0. The van der Waals surface area contributed by atoms with E-state index in [0.29, 0.717) is 37.5 Å². The molecule has 0 aromatic heterocycles. The molecule has 6 atom stereocenters. The van der Waals surface area contributed by atoms with Gasteiger partial charge < -0.3 is 37.2 Å². The summed E-state index contributed by atoms with van der Waals surface area (Å²) >= 11 is 0. The molecular formula is C105H187N7O14. The first kappa shape index (κ1) is 127. The molecule has 0 aliphatic carbocycles. The molecular weight excluding hydrogens is 1580 g/mol. The number of ketones is 7. The van der Waals surface area contributed by atoms with Crippen LogP contribution in [0.4, 0.5) is 0 Å². The molecule has 0 radical (unpaired) electrons. The van der Waals surface area contributed by atoms with Crippen molar-refractivity contribution in [1.29, 1.82) is 0 Å². The summed E-state index contributed by atoms with van der Waals surface area (Å²) in [6.07, 6.45) is 2.44. The molecule has 126 heavy (non-hydrogen) atoms. The monoisotopic (exact) mass is 1770 g/mol. The van der Waals surface area contributed by atoms with Crippen molar-refractivity contribution in [1.82, 2.24) is 37.2 Å². The smallest absolute Gasteiger partial charge is 0.225 e. The van der Waals surface area contributed by atoms with Gasteiger partial charge in [0.2, 0.25) is 41.4 Å². The number of hydrogen-bond acceptors (Lipinski definition) is 14. The predicted octanol–water partition coefficient (Wildman–Crippen LogP) is 20.4. The van der Waals surface area contributed by atoms with E-state index in [9.17, 15) is 67.1 Å². The van der Waals surface area contributed by atoms with Gasteiger partial charge in [-0.3, -0.25) is 67.1 Å². The first-order valence-corrected chi connectivity index (χ1v) is 45.5. The van der Waals surface area contributed by atoms with Gasteiger partial charge in [0.15, 0.2) is 40.5 Å². The quantitative estimate of drug-likeness (QED) is 0.0514. The minimum atomic E-state index is -0.507. The fourth-order valence-corrected chi connectivity index (χ4v) is 10.5. The Morgan fingerprint density at radius 2 is 0.405 bits per heavy atom. The Morgan fingerprint density at radius 1 is 0.222 bits per heavy atom. The highest BCUT2D eigenvalue weighted by molar-refractivity contribution is 5.98. The molecule has 7 amide bonds. The minimum Gasteiger partial charge on any atom is -0.349 e. The van der Waals surface area contributed by atoms with Gasteiger partial charge in [0.1, 0.15) is 0 Å². The van der Waals surface area contributed by atoms with Crippen molar-refractivity contribution in [2.45, 2.75) is 408 Å². The highest BCUT2D eigenvalue weighted by Crippen LogP contribution is 2.30. The fourth-order valence-electron chi connectivity index (χ4n) is 10.5. The van der Waals surface area contributed by atoms with Crippen LogP contribution < -0.4 is 37.2 Å². The molecule has 0 aliphatic heterocycles. The van der Waals surface area contributed by atoms with Crippen LogP contribution in [0.25, 0.3) is 0 Å². The van der Waals surface area contributed by atoms with Crippen LogP contribution in [0.5, 0.6) is 0 Å². The summed E-state index contributed by atoms with van der Waals surface area (Å²) in [5.41, 5.74) is -4.27. The Labute approximate surface area is 768 Å². The second-order valence-electron chi connectivity index (χ2n) is 49.9. The van der Waals surface area contributed by atoms with E-state index < -0.39 is 94.6 Å². The molecule has 0 unspecified atom stereocenters. The number of carbonyl (C=O) groups is 14. The summed E-state index contributed by atoms with van der Waals surface area (Å²) in [6.45, 7) is 94.5. The zero-order valence-electron chi connectivity index (χ0n) is 89.3. The zero-order valence-corrected chi connectivity index (χ0v) is 89.3. The highest BCUT2D eigenvalue weighted by atomic mass is 16.2. The number of benzene rings is 2. The van der Waals surface area contributed by atoms with Gasteiger partial charge in [-0.2, -0.15) is 0 Å². The van der Waals surface area contributed by atoms with Crippen LogP contribution in [0, 0.1) is 99.5 Å². The van der Waals surface area contributed by atoms with Crippen LogP contribution in [0.2, 0.25) is 0 Å². The molecule has 0 saturated carbocycles. The third-order valence-corrected chi connectivity index (χ3v) is 19.4. The molecule has 7 N–H and O–H groups in total. The van der Waals surface area contributed by atoms with Gasteiger partial charge in [-0.15, -0.1) is 0 Å². The number of carbonyl (C=O) groups excluding carboxylic acids is 14. The fraction of sp³-hybridized carbons (Fsp3) is 0.752. The van der Waals surface area contributed by atoms with Crippen LogP contribution in [-0.4, -0.2) is 125 Å². The van der Waals surface area contributed by atoms with E-state index in [-0.39, 0.29) is 118 Å². The highest BCUT2D eigenvalue weighted by Gasteiger charge is 2.41. The maximum Gasteiger partial charge on any atom is 0.225 e. The molecule has 21 nitrogen and oxygen atoms in total. The number of amides is 7. The SMILES string of the molecule is CC(C)(C)C(=O)CNC(=O)C(C)(C)C.CC(C)(C)C(=O)N[C@@H](Cc1ccccc1)C(=O)C(C)(C)C.CC(C)(C)C(=O)N[C@H](Cc1ccccc1)C(=O)C(C)(C)C.CC(C)C[C@@H](NC(=O)C(C)(C)C)C(=O)C(C)(C)C.CC(C)C[C@H](NC(=O)C(C)(C)C)C(=O)C(C)(C)C.CC(C)[C@@H](NC(=O)C(C)(C)C)C(=O)C(C)(C)C.CC(C)[C@H](NC(=O)C(C)(C)C)C(=O)C(C)(C)C. The van der Waals surface area contributed by atoms with E-state index in [0.717, 1.165) is 11.1 Å². The minimum absolute atomic E-state index is 0.0510. The number of hydrogen-bond donors (Lipinski definition) is 7.